The van der Waals surface area contributed by atoms with Crippen molar-refractivity contribution in [2.24, 2.45) is 7.05 Å². The molecule has 0 radical (unpaired) electrons. The summed E-state index contributed by atoms with van der Waals surface area (Å²) in [4.78, 5) is 19.4. The summed E-state index contributed by atoms with van der Waals surface area (Å²) >= 11 is 5.68. The lowest BCUT2D eigenvalue weighted by atomic mass is 10.0. The SMILES string of the molecule is Cc1ccc(C)c(NC(=O)CCN2C(=S)N[C@H](c3ccccn3)[C@H]2c2cccn2C)c1. The third kappa shape index (κ3) is 4.46. The van der Waals surface area contributed by atoms with E-state index in [1.807, 2.05) is 69.6 Å². The number of carbonyl (C=O) groups excluding carboxylic acids is 1. The predicted molar refractivity (Wildman–Crippen MR) is 127 cm³/mol. The Morgan fingerprint density at radius 1 is 1.19 bits per heavy atom. The molecular weight excluding hydrogens is 406 g/mol. The number of pyridine rings is 1. The van der Waals surface area contributed by atoms with Crippen LogP contribution in [0.3, 0.4) is 0 Å². The minimum Gasteiger partial charge on any atom is -0.353 e. The van der Waals surface area contributed by atoms with E-state index in [1.54, 1.807) is 6.20 Å². The largest absolute Gasteiger partial charge is 0.353 e. The van der Waals surface area contributed by atoms with E-state index in [1.165, 1.54) is 0 Å². The maximum atomic E-state index is 12.7. The number of thiocarbonyl (C=S) groups is 1. The molecule has 6 nitrogen and oxygen atoms in total. The van der Waals surface area contributed by atoms with Gasteiger partial charge in [0.05, 0.1) is 17.8 Å². The number of benzene rings is 1. The number of nitrogens with zero attached hydrogens (tertiary/aromatic N) is 3. The highest BCUT2D eigenvalue weighted by Gasteiger charge is 2.40. The number of rotatable bonds is 6. The molecule has 2 N–H and O–H groups in total. The Labute approximate surface area is 188 Å². The van der Waals surface area contributed by atoms with Crippen molar-refractivity contribution in [2.75, 3.05) is 11.9 Å². The van der Waals surface area contributed by atoms with E-state index in [0.717, 1.165) is 28.2 Å². The molecule has 1 saturated heterocycles. The number of amides is 1. The third-order valence-electron chi connectivity index (χ3n) is 5.73. The number of hydrogen-bond donors (Lipinski definition) is 2. The zero-order chi connectivity index (χ0) is 22.0. The van der Waals surface area contributed by atoms with Gasteiger partial charge in [-0.25, -0.2) is 0 Å². The van der Waals surface area contributed by atoms with E-state index in [4.69, 9.17) is 12.2 Å². The highest BCUT2D eigenvalue weighted by atomic mass is 32.1. The zero-order valence-corrected chi connectivity index (χ0v) is 18.8. The molecule has 1 aliphatic rings. The Morgan fingerprint density at radius 3 is 2.74 bits per heavy atom. The van der Waals surface area contributed by atoms with Crippen molar-refractivity contribution < 1.29 is 4.79 Å². The first-order valence-corrected chi connectivity index (χ1v) is 10.8. The summed E-state index contributed by atoms with van der Waals surface area (Å²) in [7, 11) is 2.03. The molecule has 0 bridgehead atoms. The molecule has 2 aromatic heterocycles. The van der Waals surface area contributed by atoms with Crippen molar-refractivity contribution in [3.63, 3.8) is 0 Å². The normalized spacial score (nSPS) is 18.2. The fraction of sp³-hybridized carbons (Fsp3) is 0.292. The summed E-state index contributed by atoms with van der Waals surface area (Å²) in [6, 6.07) is 16.0. The smallest absolute Gasteiger partial charge is 0.226 e. The molecular formula is C24H27N5OS. The van der Waals surface area contributed by atoms with Crippen LogP contribution in [0.5, 0.6) is 0 Å². The second-order valence-electron chi connectivity index (χ2n) is 7.98. The summed E-state index contributed by atoms with van der Waals surface area (Å²) in [6.45, 7) is 4.53. The van der Waals surface area contributed by atoms with Crippen LogP contribution in [0.4, 0.5) is 5.69 Å². The van der Waals surface area contributed by atoms with Gasteiger partial charge >= 0.3 is 0 Å². The molecule has 31 heavy (non-hydrogen) atoms. The van der Waals surface area contributed by atoms with E-state index >= 15 is 0 Å². The van der Waals surface area contributed by atoms with Crippen LogP contribution in [-0.4, -0.2) is 32.0 Å². The lowest BCUT2D eigenvalue weighted by molar-refractivity contribution is -0.116. The van der Waals surface area contributed by atoms with Crippen LogP contribution in [-0.2, 0) is 11.8 Å². The first-order chi connectivity index (χ1) is 14.9. The van der Waals surface area contributed by atoms with Crippen LogP contribution >= 0.6 is 12.2 Å². The van der Waals surface area contributed by atoms with Gasteiger partial charge in [0.25, 0.3) is 0 Å². The average molecular weight is 434 g/mol. The second kappa shape index (κ2) is 8.89. The van der Waals surface area contributed by atoms with Crippen molar-refractivity contribution >= 4 is 28.9 Å². The molecule has 4 rings (SSSR count). The summed E-state index contributed by atoms with van der Waals surface area (Å²) in [6.07, 6.45) is 4.16. The number of nitrogens with one attached hydrogen (secondary N) is 2. The lowest BCUT2D eigenvalue weighted by Crippen LogP contribution is -2.33. The van der Waals surface area contributed by atoms with Crippen LogP contribution in [0.25, 0.3) is 0 Å². The maximum absolute atomic E-state index is 12.7. The number of anilines is 1. The molecule has 0 saturated carbocycles. The van der Waals surface area contributed by atoms with Gasteiger partial charge in [0.2, 0.25) is 5.91 Å². The van der Waals surface area contributed by atoms with E-state index < -0.39 is 0 Å². The maximum Gasteiger partial charge on any atom is 0.226 e. The fourth-order valence-electron chi connectivity index (χ4n) is 4.05. The molecule has 0 unspecified atom stereocenters. The molecule has 0 aliphatic carbocycles. The minimum atomic E-state index is -0.0793. The van der Waals surface area contributed by atoms with Gasteiger partial charge < -0.3 is 20.1 Å². The molecule has 3 heterocycles. The predicted octanol–water partition coefficient (Wildman–Crippen LogP) is 4.04. The van der Waals surface area contributed by atoms with Gasteiger partial charge in [-0.05, 0) is 67.5 Å². The van der Waals surface area contributed by atoms with Crippen molar-refractivity contribution in [2.45, 2.75) is 32.4 Å². The van der Waals surface area contributed by atoms with Gasteiger partial charge in [0.1, 0.15) is 0 Å². The van der Waals surface area contributed by atoms with Gasteiger partial charge in [-0.15, -0.1) is 0 Å². The van der Waals surface area contributed by atoms with Crippen LogP contribution in [0.1, 0.15) is 41.0 Å². The van der Waals surface area contributed by atoms with Crippen molar-refractivity contribution in [3.05, 3.63) is 83.4 Å². The number of hydrogen-bond acceptors (Lipinski definition) is 3. The second-order valence-corrected chi connectivity index (χ2v) is 8.37. The first-order valence-electron chi connectivity index (χ1n) is 10.4. The Hall–Kier alpha value is -3.19. The van der Waals surface area contributed by atoms with Crippen LogP contribution in [0.2, 0.25) is 0 Å². The molecule has 1 aromatic carbocycles. The molecule has 3 aromatic rings. The van der Waals surface area contributed by atoms with Gasteiger partial charge in [-0.1, -0.05) is 18.2 Å². The summed E-state index contributed by atoms with van der Waals surface area (Å²) < 4.78 is 2.10. The Balaban J connectivity index is 1.53. The molecule has 160 valence electrons. The molecule has 0 spiro atoms. The molecule has 2 atom stereocenters. The third-order valence-corrected chi connectivity index (χ3v) is 6.08. The highest BCUT2D eigenvalue weighted by molar-refractivity contribution is 7.80. The molecule has 1 amide bonds. The van der Waals surface area contributed by atoms with Crippen molar-refractivity contribution in [1.82, 2.24) is 19.8 Å². The van der Waals surface area contributed by atoms with E-state index in [0.29, 0.717) is 18.1 Å². The molecule has 7 heteroatoms. The Kier molecular flexibility index (Phi) is 6.04. The average Bonchev–Trinajstić information content (AvgIpc) is 3.32. The fourth-order valence-corrected chi connectivity index (χ4v) is 4.39. The summed E-state index contributed by atoms with van der Waals surface area (Å²) in [5.41, 5.74) is 5.08. The van der Waals surface area contributed by atoms with Gasteiger partial charge in [0.15, 0.2) is 5.11 Å². The van der Waals surface area contributed by atoms with Gasteiger partial charge in [-0.3, -0.25) is 9.78 Å². The van der Waals surface area contributed by atoms with E-state index in [2.05, 4.69) is 31.2 Å². The van der Waals surface area contributed by atoms with Gasteiger partial charge in [-0.2, -0.15) is 0 Å². The number of aryl methyl sites for hydroxylation is 3. The Morgan fingerprint density at radius 2 is 2.03 bits per heavy atom. The first kappa shape index (κ1) is 21.1. The highest BCUT2D eigenvalue weighted by Crippen LogP contribution is 2.38. The summed E-state index contributed by atoms with van der Waals surface area (Å²) in [5.74, 6) is -0.0246. The molecule has 1 fully saturated rings. The van der Waals surface area contributed by atoms with Crippen molar-refractivity contribution in [1.29, 1.82) is 0 Å². The topological polar surface area (TPSA) is 62.2 Å². The number of aromatic nitrogens is 2. The van der Waals surface area contributed by atoms with E-state index in [9.17, 15) is 4.79 Å². The quantitative estimate of drug-likeness (QED) is 0.575. The zero-order valence-electron chi connectivity index (χ0n) is 18.0. The lowest BCUT2D eigenvalue weighted by Gasteiger charge is -2.28. The summed E-state index contributed by atoms with van der Waals surface area (Å²) in [5, 5.41) is 7.11. The van der Waals surface area contributed by atoms with Crippen molar-refractivity contribution in [3.8, 4) is 0 Å². The van der Waals surface area contributed by atoms with Gasteiger partial charge in [0, 0.05) is 43.8 Å². The monoisotopic (exact) mass is 433 g/mol. The van der Waals surface area contributed by atoms with E-state index in [-0.39, 0.29) is 18.0 Å². The number of carbonyl (C=O) groups is 1. The van der Waals surface area contributed by atoms with Crippen LogP contribution in [0, 0.1) is 13.8 Å². The molecule has 1 aliphatic heterocycles. The standard InChI is InChI=1S/C24H27N5OS/c1-16-9-10-17(2)19(15-16)26-21(30)11-14-29-23(20-8-6-13-28(20)3)22(27-24(29)31)18-7-4-5-12-25-18/h4-10,12-13,15,22-23H,11,14H2,1-3H3,(H,26,30)(H,27,31)/t22-,23-/m1/s1. The van der Waals surface area contributed by atoms with Crippen LogP contribution < -0.4 is 10.6 Å². The Bertz CT molecular complexity index is 1090. The minimum absolute atomic E-state index is 0.0246. The van der Waals surface area contributed by atoms with Crippen LogP contribution in [0.15, 0.2) is 60.9 Å².